The van der Waals surface area contributed by atoms with Crippen molar-refractivity contribution >= 4 is 41.7 Å². The molecular weight excluding hydrogens is 416 g/mol. The fourth-order valence-electron chi connectivity index (χ4n) is 2.26. The van der Waals surface area contributed by atoms with Gasteiger partial charge in [0.2, 0.25) is 9.84 Å². The monoisotopic (exact) mass is 430 g/mol. The molecule has 0 aliphatic carbocycles. The molecule has 0 atom stereocenters. The molecule has 0 heterocycles. The van der Waals surface area contributed by atoms with Crippen molar-refractivity contribution in [3.8, 4) is 0 Å². The summed E-state index contributed by atoms with van der Waals surface area (Å²) in [6, 6.07) is 6.83. The van der Waals surface area contributed by atoms with E-state index in [0.29, 0.717) is 9.79 Å². The van der Waals surface area contributed by atoms with E-state index in [2.05, 4.69) is 31.9 Å². The molecular formula is C16H16Br2O2S. The molecule has 112 valence electrons. The Kier molecular flexibility index (Phi) is 4.66. The van der Waals surface area contributed by atoms with Crippen LogP contribution in [0.2, 0.25) is 0 Å². The van der Waals surface area contributed by atoms with Crippen LogP contribution in [0.1, 0.15) is 22.3 Å². The Labute approximate surface area is 142 Å². The molecule has 2 nitrogen and oxygen atoms in total. The lowest BCUT2D eigenvalue weighted by Crippen LogP contribution is -2.04. The number of sulfone groups is 1. The molecule has 0 fully saturated rings. The number of benzene rings is 2. The van der Waals surface area contributed by atoms with Gasteiger partial charge in [-0.2, -0.15) is 0 Å². The van der Waals surface area contributed by atoms with Crippen LogP contribution in [0.5, 0.6) is 0 Å². The van der Waals surface area contributed by atoms with Crippen LogP contribution in [0.25, 0.3) is 0 Å². The quantitative estimate of drug-likeness (QED) is 0.648. The third kappa shape index (κ3) is 3.10. The Bertz CT molecular complexity index is 715. The minimum atomic E-state index is -3.50. The van der Waals surface area contributed by atoms with Crippen molar-refractivity contribution in [2.45, 2.75) is 37.5 Å². The number of aryl methyl sites for hydroxylation is 4. The largest absolute Gasteiger partial charge is 0.219 e. The van der Waals surface area contributed by atoms with Crippen LogP contribution in [-0.2, 0) is 9.84 Å². The van der Waals surface area contributed by atoms with E-state index in [1.807, 2.05) is 27.7 Å². The topological polar surface area (TPSA) is 34.1 Å². The maximum atomic E-state index is 12.8. The van der Waals surface area contributed by atoms with Crippen molar-refractivity contribution in [1.29, 1.82) is 0 Å². The van der Waals surface area contributed by atoms with E-state index in [9.17, 15) is 8.42 Å². The van der Waals surface area contributed by atoms with Gasteiger partial charge in [-0.1, -0.05) is 31.9 Å². The minimum absolute atomic E-state index is 0.335. The fraction of sp³-hybridized carbons (Fsp3) is 0.250. The summed E-state index contributed by atoms with van der Waals surface area (Å²) in [4.78, 5) is 0.670. The molecule has 0 saturated carbocycles. The lowest BCUT2D eigenvalue weighted by Gasteiger charge is -2.12. The van der Waals surface area contributed by atoms with Gasteiger partial charge in [-0.05, 0) is 74.2 Å². The van der Waals surface area contributed by atoms with E-state index in [4.69, 9.17) is 0 Å². The summed E-state index contributed by atoms with van der Waals surface area (Å²) in [6.07, 6.45) is 0. The van der Waals surface area contributed by atoms with Crippen molar-refractivity contribution in [3.05, 3.63) is 55.5 Å². The van der Waals surface area contributed by atoms with Crippen molar-refractivity contribution in [1.82, 2.24) is 0 Å². The summed E-state index contributed by atoms with van der Waals surface area (Å²) >= 11 is 6.94. The summed E-state index contributed by atoms with van der Waals surface area (Å²) in [7, 11) is -3.50. The minimum Gasteiger partial charge on any atom is -0.219 e. The predicted molar refractivity (Wildman–Crippen MR) is 92.7 cm³/mol. The first-order valence-corrected chi connectivity index (χ1v) is 9.50. The van der Waals surface area contributed by atoms with Crippen LogP contribution in [0.15, 0.2) is 43.0 Å². The number of halogens is 2. The van der Waals surface area contributed by atoms with Gasteiger partial charge in [-0.15, -0.1) is 0 Å². The highest BCUT2D eigenvalue weighted by Gasteiger charge is 2.21. The van der Waals surface area contributed by atoms with Crippen LogP contribution in [0.4, 0.5) is 0 Å². The highest BCUT2D eigenvalue weighted by atomic mass is 79.9. The van der Waals surface area contributed by atoms with Crippen LogP contribution in [-0.4, -0.2) is 8.42 Å². The normalized spacial score (nSPS) is 11.7. The molecule has 0 amide bonds. The Morgan fingerprint density at radius 2 is 0.905 bits per heavy atom. The maximum Gasteiger partial charge on any atom is 0.206 e. The molecule has 2 aromatic carbocycles. The third-order valence-corrected chi connectivity index (χ3v) is 7.65. The van der Waals surface area contributed by atoms with Gasteiger partial charge in [-0.25, -0.2) is 8.42 Å². The van der Waals surface area contributed by atoms with E-state index in [-0.39, 0.29) is 0 Å². The molecule has 0 bridgehead atoms. The smallest absolute Gasteiger partial charge is 0.206 e. The van der Waals surface area contributed by atoms with Crippen LogP contribution in [0, 0.1) is 27.7 Å². The standard InChI is InChI=1S/C16H16Br2O2S/c1-9-5-13(6-10(2)15(9)17)21(19,20)14-7-11(3)16(18)12(4)8-14/h5-8H,1-4H3. The van der Waals surface area contributed by atoms with Gasteiger partial charge < -0.3 is 0 Å². The molecule has 0 aliphatic rings. The summed E-state index contributed by atoms with van der Waals surface area (Å²) in [5.41, 5.74) is 3.66. The van der Waals surface area contributed by atoms with Gasteiger partial charge in [0.05, 0.1) is 9.79 Å². The molecule has 0 saturated heterocycles. The molecule has 2 aromatic rings. The zero-order chi connectivity index (χ0) is 15.9. The molecule has 0 aromatic heterocycles. The first kappa shape index (κ1) is 16.7. The second-order valence-electron chi connectivity index (χ2n) is 5.25. The van der Waals surface area contributed by atoms with Crippen LogP contribution in [0.3, 0.4) is 0 Å². The lowest BCUT2D eigenvalue weighted by atomic mass is 10.2. The summed E-state index contributed by atoms with van der Waals surface area (Å²) < 4.78 is 27.6. The molecule has 0 spiro atoms. The molecule has 5 heteroatoms. The number of rotatable bonds is 2. The van der Waals surface area contributed by atoms with E-state index in [1.165, 1.54) is 0 Å². The highest BCUT2D eigenvalue weighted by molar-refractivity contribution is 9.10. The van der Waals surface area contributed by atoms with Gasteiger partial charge in [-0.3, -0.25) is 0 Å². The SMILES string of the molecule is Cc1cc(S(=O)(=O)c2cc(C)c(Br)c(C)c2)cc(C)c1Br. The molecule has 0 radical (unpaired) electrons. The molecule has 0 N–H and O–H groups in total. The number of hydrogen-bond acceptors (Lipinski definition) is 2. The van der Waals surface area contributed by atoms with E-state index in [0.717, 1.165) is 31.2 Å². The second kappa shape index (κ2) is 5.86. The van der Waals surface area contributed by atoms with Gasteiger partial charge in [0.1, 0.15) is 0 Å². The van der Waals surface area contributed by atoms with E-state index >= 15 is 0 Å². The molecule has 0 aliphatic heterocycles. The molecule has 21 heavy (non-hydrogen) atoms. The average Bonchev–Trinajstić information content (AvgIpc) is 2.40. The van der Waals surface area contributed by atoms with E-state index < -0.39 is 9.84 Å². The first-order valence-electron chi connectivity index (χ1n) is 6.43. The van der Waals surface area contributed by atoms with E-state index in [1.54, 1.807) is 24.3 Å². The van der Waals surface area contributed by atoms with Crippen LogP contribution < -0.4 is 0 Å². The maximum absolute atomic E-state index is 12.8. The zero-order valence-electron chi connectivity index (χ0n) is 12.3. The molecule has 2 rings (SSSR count). The van der Waals surface area contributed by atoms with Crippen LogP contribution >= 0.6 is 31.9 Å². The number of hydrogen-bond donors (Lipinski definition) is 0. The van der Waals surface area contributed by atoms with Gasteiger partial charge in [0.25, 0.3) is 0 Å². The Morgan fingerprint density at radius 1 is 0.667 bits per heavy atom. The van der Waals surface area contributed by atoms with Gasteiger partial charge in [0.15, 0.2) is 0 Å². The third-order valence-electron chi connectivity index (χ3n) is 3.44. The zero-order valence-corrected chi connectivity index (χ0v) is 16.3. The highest BCUT2D eigenvalue weighted by Crippen LogP contribution is 2.31. The molecule has 0 unspecified atom stereocenters. The van der Waals surface area contributed by atoms with Crippen molar-refractivity contribution < 1.29 is 8.42 Å². The van der Waals surface area contributed by atoms with Crippen molar-refractivity contribution in [2.75, 3.05) is 0 Å². The summed E-state index contributed by atoms with van der Waals surface area (Å²) in [5, 5.41) is 0. The Morgan fingerprint density at radius 3 is 1.14 bits per heavy atom. The Balaban J connectivity index is 2.68. The predicted octanol–water partition coefficient (Wildman–Crippen LogP) is 5.28. The lowest BCUT2D eigenvalue weighted by molar-refractivity contribution is 0.595. The summed E-state index contributed by atoms with van der Waals surface area (Å²) in [6.45, 7) is 7.59. The van der Waals surface area contributed by atoms with Crippen molar-refractivity contribution in [2.24, 2.45) is 0 Å². The van der Waals surface area contributed by atoms with Gasteiger partial charge in [0, 0.05) is 8.95 Å². The first-order chi connectivity index (χ1) is 9.64. The Hall–Kier alpha value is -0.650. The van der Waals surface area contributed by atoms with Gasteiger partial charge >= 0.3 is 0 Å². The summed E-state index contributed by atoms with van der Waals surface area (Å²) in [5.74, 6) is 0. The second-order valence-corrected chi connectivity index (χ2v) is 8.78. The average molecular weight is 432 g/mol. The fourth-order valence-corrected chi connectivity index (χ4v) is 4.32. The van der Waals surface area contributed by atoms with Crippen molar-refractivity contribution in [3.63, 3.8) is 0 Å².